The Bertz CT molecular complexity index is 1470. The Kier molecular flexibility index (Phi) is 5.85. The zero-order valence-electron chi connectivity index (χ0n) is 18.6. The fourth-order valence-electron chi connectivity index (χ4n) is 3.90. The molecule has 0 bridgehead atoms. The average Bonchev–Trinajstić information content (AvgIpc) is 2.74. The fourth-order valence-corrected chi connectivity index (χ4v) is 3.90. The van der Waals surface area contributed by atoms with Crippen molar-refractivity contribution in [3.63, 3.8) is 0 Å². The van der Waals surface area contributed by atoms with Crippen molar-refractivity contribution in [1.29, 1.82) is 0 Å². The molecule has 9 heteroatoms. The summed E-state index contributed by atoms with van der Waals surface area (Å²) < 4.78 is 15.8. The highest BCUT2D eigenvalue weighted by atomic mass is 16.7. The summed E-state index contributed by atoms with van der Waals surface area (Å²) in [6.07, 6.45) is -3.12. The molecule has 2 aromatic rings. The van der Waals surface area contributed by atoms with Crippen molar-refractivity contribution >= 4 is 29.0 Å². The highest BCUT2D eigenvalue weighted by Gasteiger charge is 2.23. The van der Waals surface area contributed by atoms with Gasteiger partial charge >= 0.3 is 12.3 Å². The minimum Gasteiger partial charge on any atom is -0.456 e. The van der Waals surface area contributed by atoms with E-state index in [1.807, 2.05) is 26.0 Å². The highest BCUT2D eigenvalue weighted by Crippen LogP contribution is 2.45. The number of carboxylic acid groups (broad SMARTS) is 2. The van der Waals surface area contributed by atoms with Crippen LogP contribution in [0.4, 0.5) is 15.3 Å². The first kappa shape index (κ1) is 22.7. The SMILES string of the molecule is CCNc1cc2oc3cc(=O)c(C)cc-3c(-c3ccc(OC(=O)O)cc3OC(=O)O)c2cc1C. The van der Waals surface area contributed by atoms with Crippen molar-refractivity contribution < 1.29 is 33.7 Å². The first-order valence-electron chi connectivity index (χ1n) is 10.4. The quantitative estimate of drug-likeness (QED) is 0.193. The summed E-state index contributed by atoms with van der Waals surface area (Å²) in [7, 11) is 0. The molecule has 0 atom stereocenters. The van der Waals surface area contributed by atoms with E-state index in [4.69, 9.17) is 14.3 Å². The molecule has 0 unspecified atom stereocenters. The van der Waals surface area contributed by atoms with Gasteiger partial charge in [-0.25, -0.2) is 9.59 Å². The minimum absolute atomic E-state index is 0.106. The molecule has 0 radical (unpaired) electrons. The Morgan fingerprint density at radius 1 is 0.941 bits per heavy atom. The zero-order chi connectivity index (χ0) is 24.6. The van der Waals surface area contributed by atoms with E-state index in [1.165, 1.54) is 24.3 Å². The molecule has 0 amide bonds. The average molecular weight is 463 g/mol. The number of hydrogen-bond acceptors (Lipinski definition) is 7. The Morgan fingerprint density at radius 3 is 2.35 bits per heavy atom. The van der Waals surface area contributed by atoms with Gasteiger partial charge in [0.05, 0.1) is 0 Å². The van der Waals surface area contributed by atoms with Crippen LogP contribution in [0.3, 0.4) is 0 Å². The molecule has 34 heavy (non-hydrogen) atoms. The normalized spacial score (nSPS) is 10.9. The van der Waals surface area contributed by atoms with E-state index in [9.17, 15) is 19.5 Å². The topological polar surface area (TPSA) is 135 Å². The van der Waals surface area contributed by atoms with E-state index in [-0.39, 0.29) is 16.9 Å². The van der Waals surface area contributed by atoms with Gasteiger partial charge in [0.15, 0.2) is 5.43 Å². The zero-order valence-corrected chi connectivity index (χ0v) is 18.6. The van der Waals surface area contributed by atoms with Crippen molar-refractivity contribution in [2.45, 2.75) is 20.8 Å². The van der Waals surface area contributed by atoms with E-state index in [2.05, 4.69) is 10.1 Å². The lowest BCUT2D eigenvalue weighted by Crippen LogP contribution is -2.08. The second kappa shape index (κ2) is 8.78. The molecule has 2 aliphatic rings. The van der Waals surface area contributed by atoms with Crippen LogP contribution in [-0.4, -0.2) is 29.1 Å². The van der Waals surface area contributed by atoms with Gasteiger partial charge in [0.1, 0.15) is 22.8 Å². The number of nitrogens with one attached hydrogen (secondary N) is 1. The molecule has 174 valence electrons. The Labute approximate surface area is 193 Å². The monoisotopic (exact) mass is 463 g/mol. The van der Waals surface area contributed by atoms with Crippen molar-refractivity contribution in [3.05, 3.63) is 63.8 Å². The van der Waals surface area contributed by atoms with E-state index < -0.39 is 12.3 Å². The third kappa shape index (κ3) is 4.23. The summed E-state index contributed by atoms with van der Waals surface area (Å²) in [4.78, 5) is 34.8. The molecule has 1 aliphatic carbocycles. The van der Waals surface area contributed by atoms with Crippen LogP contribution in [-0.2, 0) is 0 Å². The summed E-state index contributed by atoms with van der Waals surface area (Å²) >= 11 is 0. The standard InChI is InChI=1S/C25H21NO8/c1-4-26-18-10-21-16(7-12(18)2)23(17-8-13(3)19(27)11-22(17)33-21)15-6-5-14(32-24(28)29)9-20(15)34-25(30)31/h5-11,26H,4H2,1-3H3,(H,28,29)(H,30,31). The molecule has 4 rings (SSSR count). The smallest absolute Gasteiger partial charge is 0.456 e. The molecule has 1 aliphatic heterocycles. The molecule has 0 aromatic heterocycles. The second-order valence-corrected chi connectivity index (χ2v) is 7.68. The maximum absolute atomic E-state index is 12.4. The van der Waals surface area contributed by atoms with Gasteiger partial charge in [0.2, 0.25) is 0 Å². The van der Waals surface area contributed by atoms with E-state index in [0.717, 1.165) is 11.3 Å². The van der Waals surface area contributed by atoms with Gasteiger partial charge in [0, 0.05) is 52.5 Å². The summed E-state index contributed by atoms with van der Waals surface area (Å²) in [6, 6.07) is 10.9. The Morgan fingerprint density at radius 2 is 1.68 bits per heavy atom. The predicted octanol–water partition coefficient (Wildman–Crippen LogP) is 5.73. The number of hydrogen-bond donors (Lipinski definition) is 3. The van der Waals surface area contributed by atoms with Crippen molar-refractivity contribution in [3.8, 4) is 33.9 Å². The summed E-state index contributed by atoms with van der Waals surface area (Å²) in [5.74, 6) is 0.0826. The maximum atomic E-state index is 12.4. The predicted molar refractivity (Wildman–Crippen MR) is 125 cm³/mol. The van der Waals surface area contributed by atoms with Crippen molar-refractivity contribution in [2.24, 2.45) is 0 Å². The lowest BCUT2D eigenvalue weighted by atomic mass is 9.91. The fraction of sp³-hybridized carbons (Fsp3) is 0.160. The molecule has 0 fully saturated rings. The van der Waals surface area contributed by atoms with Crippen LogP contribution in [0.15, 0.2) is 51.7 Å². The van der Waals surface area contributed by atoms with E-state index in [0.29, 0.717) is 45.5 Å². The summed E-state index contributed by atoms with van der Waals surface area (Å²) in [5, 5.41) is 22.2. The van der Waals surface area contributed by atoms with Gasteiger partial charge in [-0.15, -0.1) is 0 Å². The number of anilines is 1. The van der Waals surface area contributed by atoms with Crippen LogP contribution in [0.1, 0.15) is 18.1 Å². The number of aryl methyl sites for hydroxylation is 2. The van der Waals surface area contributed by atoms with Crippen LogP contribution in [0.2, 0.25) is 0 Å². The molecular formula is C25H21NO8. The van der Waals surface area contributed by atoms with E-state index >= 15 is 0 Å². The molecule has 0 spiro atoms. The Balaban J connectivity index is 2.12. The lowest BCUT2D eigenvalue weighted by Gasteiger charge is -2.19. The van der Waals surface area contributed by atoms with Crippen molar-refractivity contribution in [2.75, 3.05) is 11.9 Å². The Hall–Kier alpha value is -4.53. The van der Waals surface area contributed by atoms with Gasteiger partial charge in [-0.2, -0.15) is 0 Å². The first-order chi connectivity index (χ1) is 16.2. The number of carbonyl (C=O) groups is 2. The molecule has 3 N–H and O–H groups in total. The van der Waals surface area contributed by atoms with Gasteiger partial charge in [-0.05, 0) is 56.2 Å². The molecule has 1 heterocycles. The molecular weight excluding hydrogens is 442 g/mol. The van der Waals surface area contributed by atoms with Gasteiger partial charge < -0.3 is 29.4 Å². The van der Waals surface area contributed by atoms with Crippen LogP contribution < -0.4 is 20.2 Å². The van der Waals surface area contributed by atoms with Gasteiger partial charge in [0.25, 0.3) is 0 Å². The molecule has 2 aromatic carbocycles. The number of rotatable bonds is 5. The van der Waals surface area contributed by atoms with Gasteiger partial charge in [-0.1, -0.05) is 0 Å². The molecule has 9 nitrogen and oxygen atoms in total. The molecule has 0 saturated heterocycles. The summed E-state index contributed by atoms with van der Waals surface area (Å²) in [6.45, 7) is 6.26. The third-order valence-corrected chi connectivity index (χ3v) is 5.35. The number of benzene rings is 3. The minimum atomic E-state index is -1.58. The number of ether oxygens (including phenoxy) is 2. The second-order valence-electron chi connectivity index (χ2n) is 7.68. The van der Waals surface area contributed by atoms with Crippen LogP contribution >= 0.6 is 0 Å². The van der Waals surface area contributed by atoms with Crippen LogP contribution in [0, 0.1) is 13.8 Å². The number of fused-ring (bicyclic) bond motifs is 2. The van der Waals surface area contributed by atoms with Crippen molar-refractivity contribution in [1.82, 2.24) is 0 Å². The highest BCUT2D eigenvalue weighted by molar-refractivity contribution is 6.04. The van der Waals surface area contributed by atoms with Gasteiger partial charge in [-0.3, -0.25) is 4.79 Å². The lowest BCUT2D eigenvalue weighted by molar-refractivity contribution is 0.143. The van der Waals surface area contributed by atoms with E-state index in [1.54, 1.807) is 13.0 Å². The van der Waals surface area contributed by atoms with Crippen LogP contribution in [0.25, 0.3) is 33.4 Å². The summed E-state index contributed by atoms with van der Waals surface area (Å²) in [5.41, 5.74) is 4.04. The first-order valence-corrected chi connectivity index (χ1v) is 10.4. The third-order valence-electron chi connectivity index (χ3n) is 5.35. The molecule has 0 saturated carbocycles. The largest absolute Gasteiger partial charge is 0.511 e. The maximum Gasteiger partial charge on any atom is 0.511 e. The van der Waals surface area contributed by atoms with Crippen LogP contribution in [0.5, 0.6) is 11.5 Å².